The normalized spacial score (nSPS) is 27.5. The predicted octanol–water partition coefficient (Wildman–Crippen LogP) is 5.59. The first-order valence-corrected chi connectivity index (χ1v) is 9.01. The van der Waals surface area contributed by atoms with Crippen LogP contribution in [0.25, 0.3) is 0 Å². The van der Waals surface area contributed by atoms with Gasteiger partial charge in [0, 0.05) is 12.2 Å². The SMILES string of the molecule is Cc1ccnc(Cl)c1NC1CCCCC1C1CCCCC1. The molecule has 0 aliphatic heterocycles. The lowest BCUT2D eigenvalue weighted by Gasteiger charge is -2.40. The lowest BCUT2D eigenvalue weighted by molar-refractivity contribution is 0.180. The Bertz CT molecular complexity index is 448. The van der Waals surface area contributed by atoms with Gasteiger partial charge in [-0.05, 0) is 43.2 Å². The Labute approximate surface area is 133 Å². The van der Waals surface area contributed by atoms with E-state index < -0.39 is 0 Å². The molecular weight excluding hydrogens is 280 g/mol. The van der Waals surface area contributed by atoms with Gasteiger partial charge in [-0.3, -0.25) is 0 Å². The fourth-order valence-corrected chi connectivity index (χ4v) is 4.61. The summed E-state index contributed by atoms with van der Waals surface area (Å²) in [6, 6.07) is 2.63. The van der Waals surface area contributed by atoms with Crippen molar-refractivity contribution in [1.82, 2.24) is 4.98 Å². The molecule has 1 heterocycles. The Morgan fingerprint density at radius 2 is 1.76 bits per heavy atom. The van der Waals surface area contributed by atoms with Gasteiger partial charge in [0.15, 0.2) is 5.15 Å². The number of pyridine rings is 1. The van der Waals surface area contributed by atoms with Crippen LogP contribution < -0.4 is 5.32 Å². The summed E-state index contributed by atoms with van der Waals surface area (Å²) in [6.45, 7) is 2.12. The third kappa shape index (κ3) is 3.53. The van der Waals surface area contributed by atoms with Crippen molar-refractivity contribution in [2.24, 2.45) is 11.8 Å². The number of anilines is 1. The summed E-state index contributed by atoms with van der Waals surface area (Å²) in [5.41, 5.74) is 2.27. The highest BCUT2D eigenvalue weighted by Crippen LogP contribution is 2.40. The van der Waals surface area contributed by atoms with Gasteiger partial charge < -0.3 is 5.32 Å². The Morgan fingerprint density at radius 3 is 2.52 bits per heavy atom. The number of rotatable bonds is 3. The molecule has 1 aromatic rings. The molecule has 2 saturated carbocycles. The monoisotopic (exact) mass is 306 g/mol. The fraction of sp³-hybridized carbons (Fsp3) is 0.722. The van der Waals surface area contributed by atoms with Gasteiger partial charge in [-0.2, -0.15) is 0 Å². The topological polar surface area (TPSA) is 24.9 Å². The first-order valence-electron chi connectivity index (χ1n) is 8.63. The van der Waals surface area contributed by atoms with E-state index in [4.69, 9.17) is 11.6 Å². The summed E-state index contributed by atoms with van der Waals surface area (Å²) in [7, 11) is 0. The molecule has 0 radical (unpaired) electrons. The van der Waals surface area contributed by atoms with Crippen molar-refractivity contribution in [1.29, 1.82) is 0 Å². The van der Waals surface area contributed by atoms with Crippen molar-refractivity contribution < 1.29 is 0 Å². The van der Waals surface area contributed by atoms with Crippen LogP contribution >= 0.6 is 11.6 Å². The highest BCUT2D eigenvalue weighted by molar-refractivity contribution is 6.32. The molecule has 1 N–H and O–H groups in total. The summed E-state index contributed by atoms with van der Waals surface area (Å²) < 4.78 is 0. The number of hydrogen-bond acceptors (Lipinski definition) is 2. The largest absolute Gasteiger partial charge is 0.379 e. The van der Waals surface area contributed by atoms with E-state index in [-0.39, 0.29) is 0 Å². The van der Waals surface area contributed by atoms with E-state index in [0.717, 1.165) is 17.5 Å². The summed E-state index contributed by atoms with van der Waals surface area (Å²) >= 11 is 6.31. The standard InChI is InChI=1S/C18H27ClN2/c1-13-11-12-20-18(19)17(13)21-16-10-6-5-9-15(16)14-7-3-2-4-8-14/h11-12,14-16,21H,2-10H2,1H3. The highest BCUT2D eigenvalue weighted by atomic mass is 35.5. The molecule has 3 heteroatoms. The molecule has 1 aromatic heterocycles. The van der Waals surface area contributed by atoms with E-state index in [9.17, 15) is 0 Å². The van der Waals surface area contributed by atoms with Crippen LogP contribution in [0.4, 0.5) is 5.69 Å². The molecule has 0 bridgehead atoms. The Balaban J connectivity index is 1.74. The van der Waals surface area contributed by atoms with Gasteiger partial charge in [0.2, 0.25) is 0 Å². The van der Waals surface area contributed by atoms with E-state index in [1.54, 1.807) is 6.20 Å². The second kappa shape index (κ2) is 7.00. The molecule has 2 aliphatic rings. The predicted molar refractivity (Wildman–Crippen MR) is 89.9 cm³/mol. The van der Waals surface area contributed by atoms with Gasteiger partial charge >= 0.3 is 0 Å². The summed E-state index contributed by atoms with van der Waals surface area (Å²) in [5.74, 6) is 1.75. The Hall–Kier alpha value is -0.760. The smallest absolute Gasteiger partial charge is 0.152 e. The van der Waals surface area contributed by atoms with Gasteiger partial charge in [-0.25, -0.2) is 4.98 Å². The molecule has 2 unspecified atom stereocenters. The van der Waals surface area contributed by atoms with Gasteiger partial charge in [-0.1, -0.05) is 56.5 Å². The van der Waals surface area contributed by atoms with Crippen LogP contribution in [0.15, 0.2) is 12.3 Å². The number of aryl methyl sites for hydroxylation is 1. The van der Waals surface area contributed by atoms with Crippen LogP contribution in [0, 0.1) is 18.8 Å². The van der Waals surface area contributed by atoms with Crippen molar-refractivity contribution in [2.45, 2.75) is 70.8 Å². The minimum Gasteiger partial charge on any atom is -0.379 e. The maximum Gasteiger partial charge on any atom is 0.152 e. The first-order chi connectivity index (χ1) is 10.3. The quantitative estimate of drug-likeness (QED) is 0.736. The summed E-state index contributed by atoms with van der Waals surface area (Å²) in [5, 5.41) is 4.40. The maximum absolute atomic E-state index is 6.31. The van der Waals surface area contributed by atoms with Gasteiger partial charge in [0.05, 0.1) is 5.69 Å². The van der Waals surface area contributed by atoms with Gasteiger partial charge in [0.25, 0.3) is 0 Å². The molecular formula is C18H27ClN2. The molecule has 3 rings (SSSR count). The molecule has 21 heavy (non-hydrogen) atoms. The molecule has 0 amide bonds. The van der Waals surface area contributed by atoms with Crippen LogP contribution in [0.3, 0.4) is 0 Å². The van der Waals surface area contributed by atoms with E-state index in [0.29, 0.717) is 11.2 Å². The Morgan fingerprint density at radius 1 is 1.05 bits per heavy atom. The molecule has 2 aliphatic carbocycles. The summed E-state index contributed by atoms with van der Waals surface area (Å²) in [6.07, 6.45) is 14.4. The van der Waals surface area contributed by atoms with Crippen molar-refractivity contribution in [3.63, 3.8) is 0 Å². The lowest BCUT2D eigenvalue weighted by Crippen LogP contribution is -2.38. The Kier molecular flexibility index (Phi) is 5.05. The first kappa shape index (κ1) is 15.1. The molecule has 2 nitrogen and oxygen atoms in total. The number of nitrogens with zero attached hydrogens (tertiary/aromatic N) is 1. The average molecular weight is 307 g/mol. The molecule has 116 valence electrons. The molecule has 0 aromatic carbocycles. The van der Waals surface area contributed by atoms with Crippen molar-refractivity contribution in [2.75, 3.05) is 5.32 Å². The van der Waals surface area contributed by atoms with Crippen LogP contribution in [-0.4, -0.2) is 11.0 Å². The number of aromatic nitrogens is 1. The van der Waals surface area contributed by atoms with Crippen LogP contribution in [0.1, 0.15) is 63.4 Å². The van der Waals surface area contributed by atoms with E-state index in [2.05, 4.69) is 17.2 Å². The zero-order valence-electron chi connectivity index (χ0n) is 13.1. The fourth-order valence-electron chi connectivity index (χ4n) is 4.35. The third-order valence-electron chi connectivity index (χ3n) is 5.52. The minimum atomic E-state index is 0.585. The van der Waals surface area contributed by atoms with E-state index in [1.807, 2.05) is 6.07 Å². The molecule has 2 atom stereocenters. The van der Waals surface area contributed by atoms with Crippen LogP contribution in [0.5, 0.6) is 0 Å². The number of nitrogens with one attached hydrogen (secondary N) is 1. The van der Waals surface area contributed by atoms with E-state index in [1.165, 1.54) is 63.4 Å². The van der Waals surface area contributed by atoms with Crippen molar-refractivity contribution in [3.8, 4) is 0 Å². The molecule has 2 fully saturated rings. The van der Waals surface area contributed by atoms with Crippen molar-refractivity contribution >= 4 is 17.3 Å². The van der Waals surface area contributed by atoms with E-state index >= 15 is 0 Å². The third-order valence-corrected chi connectivity index (χ3v) is 5.80. The van der Waals surface area contributed by atoms with Crippen LogP contribution in [0.2, 0.25) is 5.15 Å². The zero-order chi connectivity index (χ0) is 14.7. The molecule has 0 saturated heterocycles. The van der Waals surface area contributed by atoms with Gasteiger partial charge in [-0.15, -0.1) is 0 Å². The van der Waals surface area contributed by atoms with Crippen molar-refractivity contribution in [3.05, 3.63) is 23.0 Å². The summed E-state index contributed by atoms with van der Waals surface area (Å²) in [4.78, 5) is 4.25. The van der Waals surface area contributed by atoms with Crippen LogP contribution in [-0.2, 0) is 0 Å². The van der Waals surface area contributed by atoms with Gasteiger partial charge in [0.1, 0.15) is 0 Å². The average Bonchev–Trinajstić information content (AvgIpc) is 2.52. The second-order valence-corrected chi connectivity index (χ2v) is 7.25. The second-order valence-electron chi connectivity index (χ2n) is 6.89. The molecule has 0 spiro atoms. The lowest BCUT2D eigenvalue weighted by atomic mass is 9.71. The number of hydrogen-bond donors (Lipinski definition) is 1. The maximum atomic E-state index is 6.31. The highest BCUT2D eigenvalue weighted by Gasteiger charge is 2.32. The zero-order valence-corrected chi connectivity index (χ0v) is 13.8. The minimum absolute atomic E-state index is 0.585. The number of halogens is 1.